The Kier molecular flexibility index (Phi) is 5.89. The predicted molar refractivity (Wildman–Crippen MR) is 116 cm³/mol. The van der Waals surface area contributed by atoms with E-state index in [1.165, 1.54) is 11.9 Å². The van der Waals surface area contributed by atoms with Gasteiger partial charge in [-0.1, -0.05) is 18.2 Å². The van der Waals surface area contributed by atoms with E-state index in [2.05, 4.69) is 40.8 Å². The molecule has 30 heavy (non-hydrogen) atoms. The van der Waals surface area contributed by atoms with Crippen LogP contribution < -0.4 is 9.46 Å². The van der Waals surface area contributed by atoms with Crippen LogP contribution in [-0.4, -0.2) is 50.3 Å². The van der Waals surface area contributed by atoms with E-state index in [9.17, 15) is 4.79 Å². The predicted octanol–water partition coefficient (Wildman–Crippen LogP) is 3.22. The van der Waals surface area contributed by atoms with Crippen molar-refractivity contribution in [2.24, 2.45) is 7.05 Å². The fourth-order valence-corrected chi connectivity index (χ4v) is 4.16. The Morgan fingerprint density at radius 1 is 1.27 bits per heavy atom. The van der Waals surface area contributed by atoms with E-state index < -0.39 is 0 Å². The monoisotopic (exact) mass is 424 g/mol. The minimum Gasteiger partial charge on any atom is -0.472 e. The minimum atomic E-state index is -0.0743. The Labute approximate surface area is 179 Å². The summed E-state index contributed by atoms with van der Waals surface area (Å²) in [4.78, 5) is 23.0. The zero-order chi connectivity index (χ0) is 21.1. The molecular formula is C21H24N6O2S. The van der Waals surface area contributed by atoms with Gasteiger partial charge in [0.15, 0.2) is 0 Å². The van der Waals surface area contributed by atoms with Gasteiger partial charge >= 0.3 is 0 Å². The Bertz CT molecular complexity index is 1030. The van der Waals surface area contributed by atoms with Gasteiger partial charge in [-0.2, -0.15) is 10.1 Å². The highest BCUT2D eigenvalue weighted by molar-refractivity contribution is 8.00. The first-order valence-corrected chi connectivity index (χ1v) is 10.6. The van der Waals surface area contributed by atoms with Crippen LogP contribution in [0.4, 0.5) is 5.95 Å². The number of carbonyl (C=O) groups is 1. The quantitative estimate of drug-likeness (QED) is 0.460. The van der Waals surface area contributed by atoms with Gasteiger partial charge < -0.3 is 9.64 Å². The number of benzene rings is 1. The van der Waals surface area contributed by atoms with E-state index in [1.807, 2.05) is 25.4 Å². The maximum Gasteiger partial charge on any atom is 0.237 e. The summed E-state index contributed by atoms with van der Waals surface area (Å²) in [6, 6.07) is 8.05. The summed E-state index contributed by atoms with van der Waals surface area (Å²) < 4.78 is 11.1. The molecule has 3 aromatic rings. The summed E-state index contributed by atoms with van der Waals surface area (Å²) in [5.41, 5.74) is 4.15. The van der Waals surface area contributed by atoms with E-state index >= 15 is 0 Å². The van der Waals surface area contributed by atoms with Crippen molar-refractivity contribution in [3.63, 3.8) is 0 Å². The third kappa shape index (κ3) is 4.56. The molecule has 1 aliphatic heterocycles. The largest absolute Gasteiger partial charge is 0.472 e. The van der Waals surface area contributed by atoms with Crippen LogP contribution in [0.2, 0.25) is 0 Å². The highest BCUT2D eigenvalue weighted by atomic mass is 32.2. The van der Waals surface area contributed by atoms with Crippen LogP contribution in [0, 0.1) is 13.8 Å². The van der Waals surface area contributed by atoms with Crippen molar-refractivity contribution in [2.75, 3.05) is 17.8 Å². The average molecular weight is 425 g/mol. The summed E-state index contributed by atoms with van der Waals surface area (Å²) in [6.45, 7) is 5.41. The smallest absolute Gasteiger partial charge is 0.237 e. The first-order valence-electron chi connectivity index (χ1n) is 9.75. The third-order valence-electron chi connectivity index (χ3n) is 4.99. The number of anilines is 1. The van der Waals surface area contributed by atoms with Gasteiger partial charge in [-0.25, -0.2) is 4.98 Å². The van der Waals surface area contributed by atoms with E-state index in [0.29, 0.717) is 24.9 Å². The molecule has 0 spiro atoms. The number of hydrogen-bond donors (Lipinski definition) is 1. The van der Waals surface area contributed by atoms with E-state index in [-0.39, 0.29) is 6.10 Å². The van der Waals surface area contributed by atoms with Gasteiger partial charge in [-0.05, 0) is 36.9 Å². The third-order valence-corrected chi connectivity index (χ3v) is 5.73. The van der Waals surface area contributed by atoms with E-state index in [4.69, 9.17) is 9.72 Å². The van der Waals surface area contributed by atoms with Gasteiger partial charge in [0.2, 0.25) is 18.2 Å². The molecule has 9 heteroatoms. The zero-order valence-electron chi connectivity index (χ0n) is 17.2. The van der Waals surface area contributed by atoms with Crippen LogP contribution in [0.5, 0.6) is 5.88 Å². The summed E-state index contributed by atoms with van der Waals surface area (Å²) in [5.74, 6) is 0.957. The molecule has 2 aromatic heterocycles. The standard InChI is InChI=1S/C21H24N6O2S/c1-14-5-4-6-15(2)20(14)18-9-19(29-16-7-8-27(11-16)13-28)24-21(23-18)25-30-17-10-22-26(3)12-17/h4-6,9-10,12-13,16H,7-8,11H2,1-3H3,(H,23,24,25). The highest BCUT2D eigenvalue weighted by Crippen LogP contribution is 2.30. The summed E-state index contributed by atoms with van der Waals surface area (Å²) in [6.07, 6.45) is 5.26. The van der Waals surface area contributed by atoms with Crippen LogP contribution in [0.1, 0.15) is 17.5 Å². The number of nitrogens with zero attached hydrogens (tertiary/aromatic N) is 5. The van der Waals surface area contributed by atoms with Gasteiger partial charge in [-0.3, -0.25) is 14.2 Å². The van der Waals surface area contributed by atoms with Gasteiger partial charge in [0.1, 0.15) is 6.10 Å². The summed E-state index contributed by atoms with van der Waals surface area (Å²) in [5, 5.41) is 4.18. The molecule has 1 fully saturated rings. The number of likely N-dealkylation sites (tertiary alicyclic amines) is 1. The van der Waals surface area contributed by atoms with Crippen molar-refractivity contribution in [2.45, 2.75) is 31.3 Å². The first-order chi connectivity index (χ1) is 14.5. The molecule has 1 aliphatic rings. The maximum atomic E-state index is 11.0. The van der Waals surface area contributed by atoms with Crippen molar-refractivity contribution in [3.8, 4) is 17.1 Å². The number of hydrogen-bond acceptors (Lipinski definition) is 7. The molecule has 0 bridgehead atoms. The minimum absolute atomic E-state index is 0.0743. The number of ether oxygens (including phenoxy) is 1. The second-order valence-corrected chi connectivity index (χ2v) is 8.24. The number of aromatic nitrogens is 4. The van der Waals surface area contributed by atoms with Gasteiger partial charge in [0.05, 0.1) is 23.3 Å². The summed E-state index contributed by atoms with van der Waals surface area (Å²) >= 11 is 1.39. The van der Waals surface area contributed by atoms with Crippen molar-refractivity contribution in [1.29, 1.82) is 0 Å². The lowest BCUT2D eigenvalue weighted by atomic mass is 10.00. The normalized spacial score (nSPS) is 16.0. The Morgan fingerprint density at radius 3 is 2.73 bits per heavy atom. The number of aryl methyl sites for hydroxylation is 3. The van der Waals surface area contributed by atoms with Crippen LogP contribution in [0.15, 0.2) is 41.6 Å². The topological polar surface area (TPSA) is 85.2 Å². The molecule has 1 saturated heterocycles. The van der Waals surface area contributed by atoms with E-state index in [1.54, 1.807) is 15.8 Å². The highest BCUT2D eigenvalue weighted by Gasteiger charge is 2.24. The maximum absolute atomic E-state index is 11.0. The number of nitrogens with one attached hydrogen (secondary N) is 1. The van der Waals surface area contributed by atoms with E-state index in [0.717, 1.165) is 40.1 Å². The molecule has 0 saturated carbocycles. The van der Waals surface area contributed by atoms with Gasteiger partial charge in [-0.15, -0.1) is 0 Å². The molecule has 1 atom stereocenters. The Morgan fingerprint density at radius 2 is 2.07 bits per heavy atom. The SMILES string of the molecule is Cc1cccc(C)c1-c1cc(OC2CCN(C=O)C2)nc(NSc2cnn(C)c2)n1. The lowest BCUT2D eigenvalue weighted by molar-refractivity contribution is -0.117. The molecule has 1 unspecified atom stereocenters. The van der Waals surface area contributed by atoms with Crippen LogP contribution in [-0.2, 0) is 11.8 Å². The molecule has 0 radical (unpaired) electrons. The average Bonchev–Trinajstić information content (AvgIpc) is 3.35. The van der Waals surface area contributed by atoms with Crippen LogP contribution >= 0.6 is 11.9 Å². The Hall–Kier alpha value is -3.07. The molecule has 156 valence electrons. The lowest BCUT2D eigenvalue weighted by Crippen LogP contribution is -2.24. The lowest BCUT2D eigenvalue weighted by Gasteiger charge is -2.16. The number of carbonyl (C=O) groups excluding carboxylic acids is 1. The van der Waals surface area contributed by atoms with Crippen molar-refractivity contribution in [3.05, 3.63) is 47.8 Å². The van der Waals surface area contributed by atoms with Crippen LogP contribution in [0.3, 0.4) is 0 Å². The zero-order valence-corrected chi connectivity index (χ0v) is 18.0. The molecule has 8 nitrogen and oxygen atoms in total. The first kappa shape index (κ1) is 20.2. The Balaban J connectivity index is 1.63. The molecule has 1 aromatic carbocycles. The molecular weight excluding hydrogens is 400 g/mol. The van der Waals surface area contributed by atoms with Crippen molar-refractivity contribution >= 4 is 24.3 Å². The molecule has 1 amide bonds. The summed E-state index contributed by atoms with van der Waals surface area (Å²) in [7, 11) is 1.87. The van der Waals surface area contributed by atoms with Crippen molar-refractivity contribution < 1.29 is 9.53 Å². The fourth-order valence-electron chi connectivity index (χ4n) is 3.55. The van der Waals surface area contributed by atoms with Gasteiger partial charge in [0, 0.05) is 37.8 Å². The molecule has 4 rings (SSSR count). The molecule has 0 aliphatic carbocycles. The van der Waals surface area contributed by atoms with Crippen molar-refractivity contribution in [1.82, 2.24) is 24.6 Å². The number of rotatable bonds is 7. The van der Waals surface area contributed by atoms with Gasteiger partial charge in [0.25, 0.3) is 0 Å². The fraction of sp³-hybridized carbons (Fsp3) is 0.333. The second-order valence-electron chi connectivity index (χ2n) is 7.36. The van der Waals surface area contributed by atoms with Crippen LogP contribution in [0.25, 0.3) is 11.3 Å². The second kappa shape index (κ2) is 8.74. The molecule has 1 N–H and O–H groups in total. The molecule has 3 heterocycles. The number of amides is 1.